The van der Waals surface area contributed by atoms with E-state index in [4.69, 9.17) is 5.73 Å². The Bertz CT molecular complexity index is 526. The zero-order valence-corrected chi connectivity index (χ0v) is 11.6. The van der Waals surface area contributed by atoms with E-state index >= 15 is 0 Å². The summed E-state index contributed by atoms with van der Waals surface area (Å²) >= 11 is 0. The molecule has 0 bridgehead atoms. The van der Waals surface area contributed by atoms with E-state index in [1.54, 1.807) is 12.4 Å². The predicted molar refractivity (Wildman–Crippen MR) is 78.1 cm³/mol. The molecule has 0 atom stereocenters. The quantitative estimate of drug-likeness (QED) is 0.857. The molecule has 2 N–H and O–H groups in total. The second kappa shape index (κ2) is 6.43. The number of nitrogens with two attached hydrogens (primary N) is 1. The molecule has 102 valence electrons. The Labute approximate surface area is 113 Å². The van der Waals surface area contributed by atoms with Crippen molar-refractivity contribution in [3.8, 4) is 0 Å². The molecular weight excluding hydrogens is 238 g/mol. The Balaban J connectivity index is 2.26. The highest BCUT2D eigenvalue weighted by Crippen LogP contribution is 2.16. The van der Waals surface area contributed by atoms with Crippen molar-refractivity contribution in [3.63, 3.8) is 0 Å². The van der Waals surface area contributed by atoms with Crippen LogP contribution in [0.15, 0.2) is 24.5 Å². The number of nitrogens with zero attached hydrogens (tertiary/aromatic N) is 4. The third-order valence-electron chi connectivity index (χ3n) is 2.86. The van der Waals surface area contributed by atoms with Gasteiger partial charge in [0, 0.05) is 25.5 Å². The van der Waals surface area contributed by atoms with Gasteiger partial charge in [0.05, 0.1) is 0 Å². The van der Waals surface area contributed by atoms with Crippen molar-refractivity contribution in [2.75, 3.05) is 24.5 Å². The van der Waals surface area contributed by atoms with Crippen LogP contribution in [0, 0.1) is 5.92 Å². The molecule has 0 saturated carbocycles. The summed E-state index contributed by atoms with van der Waals surface area (Å²) in [6.07, 6.45) is 4.32. The van der Waals surface area contributed by atoms with Gasteiger partial charge in [-0.1, -0.05) is 13.8 Å². The molecule has 5 nitrogen and oxygen atoms in total. The second-order valence-electron chi connectivity index (χ2n) is 5.05. The molecule has 2 aromatic rings. The van der Waals surface area contributed by atoms with Gasteiger partial charge in [-0.25, -0.2) is 9.97 Å². The first-order valence-electron chi connectivity index (χ1n) is 6.73. The fraction of sp³-hybridized carbons (Fsp3) is 0.500. The van der Waals surface area contributed by atoms with Crippen LogP contribution in [0.5, 0.6) is 0 Å². The molecule has 2 aromatic heterocycles. The van der Waals surface area contributed by atoms with E-state index in [-0.39, 0.29) is 0 Å². The normalized spacial score (nSPS) is 11.2. The lowest BCUT2D eigenvalue weighted by Crippen LogP contribution is -2.30. The van der Waals surface area contributed by atoms with Gasteiger partial charge in [-0.3, -0.25) is 4.98 Å². The number of rotatable bonds is 6. The van der Waals surface area contributed by atoms with Crippen molar-refractivity contribution in [1.82, 2.24) is 15.0 Å². The van der Waals surface area contributed by atoms with E-state index in [2.05, 4.69) is 33.7 Å². The molecule has 5 heteroatoms. The first-order chi connectivity index (χ1) is 9.20. The van der Waals surface area contributed by atoms with Gasteiger partial charge in [0.2, 0.25) is 0 Å². The number of fused-ring (bicyclic) bond motifs is 1. The Morgan fingerprint density at radius 3 is 2.74 bits per heavy atom. The van der Waals surface area contributed by atoms with Gasteiger partial charge in [-0.2, -0.15) is 0 Å². The molecule has 0 unspecified atom stereocenters. The molecule has 0 aliphatic heterocycles. The third-order valence-corrected chi connectivity index (χ3v) is 2.86. The van der Waals surface area contributed by atoms with Crippen LogP contribution in [0.1, 0.15) is 20.3 Å². The lowest BCUT2D eigenvalue weighted by Gasteiger charge is -2.25. The Kier molecular flexibility index (Phi) is 4.63. The first kappa shape index (κ1) is 13.7. The van der Waals surface area contributed by atoms with E-state index in [1.165, 1.54) is 0 Å². The number of hydrogen-bond acceptors (Lipinski definition) is 5. The summed E-state index contributed by atoms with van der Waals surface area (Å²) in [5.74, 6) is 1.53. The summed E-state index contributed by atoms with van der Waals surface area (Å²) < 4.78 is 0. The van der Waals surface area contributed by atoms with Crippen molar-refractivity contribution >= 4 is 17.0 Å². The maximum Gasteiger partial charge on any atom is 0.180 e. The van der Waals surface area contributed by atoms with Gasteiger partial charge < -0.3 is 10.6 Å². The zero-order chi connectivity index (χ0) is 13.7. The molecule has 0 aliphatic rings. The molecule has 0 amide bonds. The lowest BCUT2D eigenvalue weighted by molar-refractivity contribution is 0.597. The minimum atomic E-state index is 0.581. The number of anilines is 1. The summed E-state index contributed by atoms with van der Waals surface area (Å²) in [5.41, 5.74) is 7.13. The maximum atomic E-state index is 5.61. The zero-order valence-electron chi connectivity index (χ0n) is 11.6. The largest absolute Gasteiger partial charge is 0.356 e. The Morgan fingerprint density at radius 2 is 2.00 bits per heavy atom. The van der Waals surface area contributed by atoms with E-state index in [0.29, 0.717) is 18.1 Å². The molecule has 2 heterocycles. The highest BCUT2D eigenvalue weighted by molar-refractivity contribution is 5.71. The van der Waals surface area contributed by atoms with E-state index in [9.17, 15) is 0 Å². The van der Waals surface area contributed by atoms with Gasteiger partial charge in [0.1, 0.15) is 11.3 Å². The second-order valence-corrected chi connectivity index (χ2v) is 5.05. The number of hydrogen-bond donors (Lipinski definition) is 1. The molecule has 0 radical (unpaired) electrons. The van der Waals surface area contributed by atoms with Crippen LogP contribution >= 0.6 is 0 Å². The Hall–Kier alpha value is -1.75. The average Bonchev–Trinajstić information content (AvgIpc) is 2.42. The molecule has 19 heavy (non-hydrogen) atoms. The smallest absolute Gasteiger partial charge is 0.180 e. The van der Waals surface area contributed by atoms with Crippen LogP contribution < -0.4 is 10.6 Å². The fourth-order valence-electron chi connectivity index (χ4n) is 2.04. The first-order valence-corrected chi connectivity index (χ1v) is 6.73. The third kappa shape index (κ3) is 3.61. The molecule has 2 rings (SSSR count). The summed E-state index contributed by atoms with van der Waals surface area (Å²) in [4.78, 5) is 15.4. The molecule has 0 aliphatic carbocycles. The lowest BCUT2D eigenvalue weighted by atomic mass is 10.2. The van der Waals surface area contributed by atoms with Crippen LogP contribution in [0.2, 0.25) is 0 Å². The van der Waals surface area contributed by atoms with Crippen molar-refractivity contribution in [3.05, 3.63) is 24.5 Å². The fourth-order valence-corrected chi connectivity index (χ4v) is 2.04. The summed E-state index contributed by atoms with van der Waals surface area (Å²) in [6.45, 7) is 7.00. The van der Waals surface area contributed by atoms with E-state index in [1.807, 2.05) is 12.1 Å². The highest BCUT2D eigenvalue weighted by Gasteiger charge is 2.10. The van der Waals surface area contributed by atoms with Crippen LogP contribution in [0.4, 0.5) is 5.82 Å². The average molecular weight is 259 g/mol. The van der Waals surface area contributed by atoms with Crippen molar-refractivity contribution in [2.45, 2.75) is 20.3 Å². The van der Waals surface area contributed by atoms with Crippen LogP contribution in [0.3, 0.4) is 0 Å². The van der Waals surface area contributed by atoms with Crippen LogP contribution in [0.25, 0.3) is 11.2 Å². The molecule has 0 spiro atoms. The molecule has 0 saturated heterocycles. The molecule has 0 fully saturated rings. The van der Waals surface area contributed by atoms with Crippen molar-refractivity contribution < 1.29 is 0 Å². The van der Waals surface area contributed by atoms with Gasteiger partial charge in [0.15, 0.2) is 5.65 Å². The minimum absolute atomic E-state index is 0.581. The minimum Gasteiger partial charge on any atom is -0.356 e. The summed E-state index contributed by atoms with van der Waals surface area (Å²) in [7, 11) is 0. The number of pyridine rings is 1. The van der Waals surface area contributed by atoms with Crippen LogP contribution in [-0.4, -0.2) is 34.6 Å². The Morgan fingerprint density at radius 1 is 1.21 bits per heavy atom. The standard InChI is InChI=1S/C14H21N5/c1-11(2)10-19(9-3-6-15)13-5-4-12-14(18-13)17-8-7-16-12/h4-5,7-8,11H,3,6,9-10,15H2,1-2H3. The van der Waals surface area contributed by atoms with Crippen molar-refractivity contribution in [2.24, 2.45) is 11.7 Å². The van der Waals surface area contributed by atoms with Crippen LogP contribution in [-0.2, 0) is 0 Å². The highest BCUT2D eigenvalue weighted by atomic mass is 15.2. The summed E-state index contributed by atoms with van der Waals surface area (Å²) in [5, 5.41) is 0. The molecule has 0 aromatic carbocycles. The van der Waals surface area contributed by atoms with E-state index in [0.717, 1.165) is 30.8 Å². The number of aromatic nitrogens is 3. The molecular formula is C14H21N5. The van der Waals surface area contributed by atoms with Gasteiger partial charge in [-0.05, 0) is 31.0 Å². The maximum absolute atomic E-state index is 5.61. The van der Waals surface area contributed by atoms with Gasteiger partial charge in [-0.15, -0.1) is 0 Å². The monoisotopic (exact) mass is 259 g/mol. The van der Waals surface area contributed by atoms with Gasteiger partial charge >= 0.3 is 0 Å². The SMILES string of the molecule is CC(C)CN(CCCN)c1ccc2nccnc2n1. The van der Waals surface area contributed by atoms with Gasteiger partial charge in [0.25, 0.3) is 0 Å². The predicted octanol–water partition coefficient (Wildman–Crippen LogP) is 1.84. The summed E-state index contributed by atoms with van der Waals surface area (Å²) in [6, 6.07) is 3.98. The van der Waals surface area contributed by atoms with Crippen molar-refractivity contribution in [1.29, 1.82) is 0 Å². The topological polar surface area (TPSA) is 67.9 Å². The van der Waals surface area contributed by atoms with E-state index < -0.39 is 0 Å².